The minimum absolute atomic E-state index is 0.105. The number of ether oxygens (including phenoxy) is 1. The first kappa shape index (κ1) is 20.3. The number of hydrogen-bond donors (Lipinski definition) is 2. The smallest absolute Gasteiger partial charge is 0.143 e. The minimum Gasteiger partial charge on any atom is -0.385 e. The van der Waals surface area contributed by atoms with E-state index in [1.807, 2.05) is 18.2 Å². The number of benzene rings is 1. The van der Waals surface area contributed by atoms with E-state index in [9.17, 15) is 4.79 Å². The van der Waals surface area contributed by atoms with E-state index in [1.165, 1.54) is 0 Å². The summed E-state index contributed by atoms with van der Waals surface area (Å²) in [7, 11) is 0. The summed E-state index contributed by atoms with van der Waals surface area (Å²) in [5.74, 6) is 1.01. The quantitative estimate of drug-likeness (QED) is 0.719. The molecule has 5 nitrogen and oxygen atoms in total. The van der Waals surface area contributed by atoms with Crippen molar-refractivity contribution in [1.82, 2.24) is 10.3 Å². The third-order valence-corrected chi connectivity index (χ3v) is 6.19. The van der Waals surface area contributed by atoms with Crippen molar-refractivity contribution < 1.29 is 9.53 Å². The monoisotopic (exact) mass is 413 g/mol. The molecular weight excluding hydrogens is 386 g/mol. The molecule has 6 heteroatoms. The lowest BCUT2D eigenvalue weighted by Crippen LogP contribution is -2.22. The third kappa shape index (κ3) is 5.35. The molecule has 0 unspecified atom stereocenters. The Kier molecular flexibility index (Phi) is 6.80. The fourth-order valence-electron chi connectivity index (χ4n) is 4.06. The molecule has 1 aromatic heterocycles. The third-order valence-electron chi connectivity index (χ3n) is 5.89. The molecule has 1 atom stereocenters. The maximum Gasteiger partial charge on any atom is 0.143 e. The number of pyridine rings is 1. The highest BCUT2D eigenvalue weighted by molar-refractivity contribution is 6.33. The molecule has 3 heterocycles. The van der Waals surface area contributed by atoms with Gasteiger partial charge in [-0.25, -0.2) is 0 Å². The van der Waals surface area contributed by atoms with Gasteiger partial charge in [0.25, 0.3) is 0 Å². The van der Waals surface area contributed by atoms with Crippen LogP contribution in [0.2, 0.25) is 5.02 Å². The SMILES string of the molecule is O=C(Cc1cc(-c2cccc(NCC3CCOCC3)c2)c(Cl)cn1)[C@@H]1CCNC1. The van der Waals surface area contributed by atoms with Crippen molar-refractivity contribution in [3.63, 3.8) is 0 Å². The average Bonchev–Trinajstić information content (AvgIpc) is 3.30. The number of anilines is 1. The van der Waals surface area contributed by atoms with E-state index in [0.29, 0.717) is 17.4 Å². The zero-order valence-corrected chi connectivity index (χ0v) is 17.4. The maximum atomic E-state index is 12.5. The molecule has 2 aliphatic rings. The molecule has 1 aromatic carbocycles. The fraction of sp³-hybridized carbons (Fsp3) is 0.478. The van der Waals surface area contributed by atoms with Gasteiger partial charge in [0.1, 0.15) is 5.78 Å². The summed E-state index contributed by atoms with van der Waals surface area (Å²) in [6.45, 7) is 4.37. The van der Waals surface area contributed by atoms with Crippen molar-refractivity contribution in [3.8, 4) is 11.1 Å². The summed E-state index contributed by atoms with van der Waals surface area (Å²) in [4.78, 5) is 16.9. The number of nitrogens with one attached hydrogen (secondary N) is 2. The van der Waals surface area contributed by atoms with E-state index in [0.717, 1.165) is 74.6 Å². The number of ketones is 1. The van der Waals surface area contributed by atoms with Crippen LogP contribution in [0.5, 0.6) is 0 Å². The Bertz CT molecular complexity index is 846. The Morgan fingerprint density at radius 2 is 2.10 bits per heavy atom. The van der Waals surface area contributed by atoms with Crippen LogP contribution in [-0.4, -0.2) is 43.6 Å². The van der Waals surface area contributed by atoms with Crippen LogP contribution in [0.3, 0.4) is 0 Å². The van der Waals surface area contributed by atoms with E-state index in [4.69, 9.17) is 16.3 Å². The van der Waals surface area contributed by atoms with Crippen molar-refractivity contribution in [2.75, 3.05) is 38.2 Å². The maximum absolute atomic E-state index is 12.5. The number of Topliss-reactive ketones (excluding diaryl/α,β-unsaturated/α-hetero) is 1. The number of aromatic nitrogens is 1. The standard InChI is InChI=1S/C23H28ClN3O2/c24-22-15-27-20(12-23(28)18-4-7-25-14-18)11-21(22)17-2-1-3-19(10-17)26-13-16-5-8-29-9-6-16/h1-3,10-11,15-16,18,25-26H,4-9,12-14H2/t18-/m1/s1. The Balaban J connectivity index is 1.46. The van der Waals surface area contributed by atoms with Gasteiger partial charge in [0.2, 0.25) is 0 Å². The highest BCUT2D eigenvalue weighted by Crippen LogP contribution is 2.30. The van der Waals surface area contributed by atoms with Crippen molar-refractivity contribution in [3.05, 3.63) is 47.2 Å². The molecule has 0 spiro atoms. The summed E-state index contributed by atoms with van der Waals surface area (Å²) >= 11 is 6.45. The first-order chi connectivity index (χ1) is 14.2. The van der Waals surface area contributed by atoms with Crippen molar-refractivity contribution in [1.29, 1.82) is 0 Å². The lowest BCUT2D eigenvalue weighted by molar-refractivity contribution is -0.121. The highest BCUT2D eigenvalue weighted by atomic mass is 35.5. The van der Waals surface area contributed by atoms with Crippen LogP contribution >= 0.6 is 11.6 Å². The molecule has 2 saturated heterocycles. The predicted molar refractivity (Wildman–Crippen MR) is 116 cm³/mol. The molecule has 0 saturated carbocycles. The van der Waals surface area contributed by atoms with E-state index in [2.05, 4.69) is 27.8 Å². The largest absolute Gasteiger partial charge is 0.385 e. The van der Waals surface area contributed by atoms with Crippen LogP contribution in [0, 0.1) is 11.8 Å². The Morgan fingerprint density at radius 3 is 2.90 bits per heavy atom. The molecule has 0 radical (unpaired) electrons. The van der Waals surface area contributed by atoms with Gasteiger partial charge < -0.3 is 15.4 Å². The second kappa shape index (κ2) is 9.70. The molecule has 2 aliphatic heterocycles. The Labute approximate surface area is 177 Å². The minimum atomic E-state index is 0.105. The molecule has 0 aliphatic carbocycles. The molecule has 0 amide bonds. The molecule has 154 valence electrons. The van der Waals surface area contributed by atoms with Gasteiger partial charge in [-0.15, -0.1) is 0 Å². The van der Waals surface area contributed by atoms with E-state index < -0.39 is 0 Å². The number of hydrogen-bond acceptors (Lipinski definition) is 5. The molecule has 2 fully saturated rings. The van der Waals surface area contributed by atoms with Gasteiger partial charge in [-0.05, 0) is 55.5 Å². The summed E-state index contributed by atoms with van der Waals surface area (Å²) in [6.07, 6.45) is 5.15. The molecular formula is C23H28ClN3O2. The molecule has 0 bridgehead atoms. The first-order valence-electron chi connectivity index (χ1n) is 10.5. The highest BCUT2D eigenvalue weighted by Gasteiger charge is 2.23. The zero-order valence-electron chi connectivity index (χ0n) is 16.6. The van der Waals surface area contributed by atoms with Gasteiger partial charge in [-0.1, -0.05) is 23.7 Å². The molecule has 29 heavy (non-hydrogen) atoms. The predicted octanol–water partition coefficient (Wildman–Crippen LogP) is 3.96. The summed E-state index contributed by atoms with van der Waals surface area (Å²) in [5.41, 5.74) is 3.81. The van der Waals surface area contributed by atoms with Crippen molar-refractivity contribution in [2.45, 2.75) is 25.7 Å². The van der Waals surface area contributed by atoms with Crippen LogP contribution in [0.15, 0.2) is 36.5 Å². The van der Waals surface area contributed by atoms with Gasteiger partial charge in [0.05, 0.1) is 5.02 Å². The van der Waals surface area contributed by atoms with E-state index >= 15 is 0 Å². The molecule has 2 aromatic rings. The second-order valence-corrected chi connectivity index (χ2v) is 8.41. The fourth-order valence-corrected chi connectivity index (χ4v) is 4.27. The number of nitrogens with zero attached hydrogens (tertiary/aromatic N) is 1. The Hall–Kier alpha value is -1.95. The Morgan fingerprint density at radius 1 is 1.24 bits per heavy atom. The van der Waals surface area contributed by atoms with E-state index in [-0.39, 0.29) is 11.7 Å². The van der Waals surface area contributed by atoms with Crippen LogP contribution in [0.1, 0.15) is 25.0 Å². The van der Waals surface area contributed by atoms with Gasteiger partial charge in [-0.3, -0.25) is 9.78 Å². The van der Waals surface area contributed by atoms with Gasteiger partial charge in [0, 0.05) is 61.8 Å². The molecule has 2 N–H and O–H groups in total. The number of carbonyl (C=O) groups is 1. The van der Waals surface area contributed by atoms with Gasteiger partial charge in [-0.2, -0.15) is 0 Å². The normalized spacial score (nSPS) is 20.0. The van der Waals surface area contributed by atoms with Gasteiger partial charge >= 0.3 is 0 Å². The summed E-state index contributed by atoms with van der Waals surface area (Å²) in [5, 5.41) is 7.41. The second-order valence-electron chi connectivity index (χ2n) is 8.01. The number of halogens is 1. The van der Waals surface area contributed by atoms with Crippen LogP contribution in [0.25, 0.3) is 11.1 Å². The summed E-state index contributed by atoms with van der Waals surface area (Å²) in [6, 6.07) is 10.2. The lowest BCUT2D eigenvalue weighted by Gasteiger charge is -2.22. The lowest BCUT2D eigenvalue weighted by atomic mass is 9.97. The van der Waals surface area contributed by atoms with Gasteiger partial charge in [0.15, 0.2) is 0 Å². The van der Waals surface area contributed by atoms with Crippen LogP contribution in [-0.2, 0) is 16.0 Å². The van der Waals surface area contributed by atoms with E-state index in [1.54, 1.807) is 6.20 Å². The number of rotatable bonds is 7. The average molecular weight is 414 g/mol. The number of carbonyl (C=O) groups excluding carboxylic acids is 1. The topological polar surface area (TPSA) is 63.2 Å². The van der Waals surface area contributed by atoms with Crippen molar-refractivity contribution in [2.24, 2.45) is 11.8 Å². The molecule has 4 rings (SSSR count). The first-order valence-corrected chi connectivity index (χ1v) is 10.9. The van der Waals surface area contributed by atoms with Crippen LogP contribution < -0.4 is 10.6 Å². The zero-order chi connectivity index (χ0) is 20.1. The summed E-state index contributed by atoms with van der Waals surface area (Å²) < 4.78 is 5.44. The van der Waals surface area contributed by atoms with Crippen molar-refractivity contribution >= 4 is 23.1 Å². The van der Waals surface area contributed by atoms with Crippen LogP contribution in [0.4, 0.5) is 5.69 Å².